The van der Waals surface area contributed by atoms with Crippen molar-refractivity contribution in [2.45, 2.75) is 37.8 Å². The van der Waals surface area contributed by atoms with Crippen LogP contribution in [0.4, 0.5) is 15.8 Å². The van der Waals surface area contributed by atoms with Crippen molar-refractivity contribution in [1.29, 1.82) is 0 Å². The number of nitrogens with one attached hydrogen (secondary N) is 1. The summed E-state index contributed by atoms with van der Waals surface area (Å²) in [5.74, 6) is -0.199. The van der Waals surface area contributed by atoms with Crippen LogP contribution in [0.2, 0.25) is 0 Å². The molecule has 2 aliphatic rings. The molecule has 2 aromatic rings. The van der Waals surface area contributed by atoms with Crippen molar-refractivity contribution in [2.24, 2.45) is 21.5 Å². The van der Waals surface area contributed by atoms with Crippen molar-refractivity contribution >= 4 is 29.2 Å². The van der Waals surface area contributed by atoms with Gasteiger partial charge in [-0.05, 0) is 68.1 Å². The summed E-state index contributed by atoms with van der Waals surface area (Å²) in [7, 11) is 0. The van der Waals surface area contributed by atoms with E-state index in [1.807, 2.05) is 11.0 Å². The van der Waals surface area contributed by atoms with Gasteiger partial charge in [-0.15, -0.1) is 0 Å². The summed E-state index contributed by atoms with van der Waals surface area (Å²) in [6.45, 7) is 0. The molecule has 5 N–H and O–H groups in total. The number of rotatable bonds is 3. The predicted octanol–water partition coefficient (Wildman–Crippen LogP) is 3.19. The number of anilines is 2. The van der Waals surface area contributed by atoms with Gasteiger partial charge < -0.3 is 16.8 Å². The lowest BCUT2D eigenvalue weighted by Gasteiger charge is -2.45. The molecule has 0 radical (unpaired) electrons. The molecule has 2 aromatic carbocycles. The number of hydrogen-bond donors (Lipinski definition) is 3. The summed E-state index contributed by atoms with van der Waals surface area (Å²) in [5.41, 5.74) is 13.3. The molecule has 0 atom stereocenters. The fourth-order valence-electron chi connectivity index (χ4n) is 4.02. The summed E-state index contributed by atoms with van der Waals surface area (Å²) in [5, 5.41) is 2.77. The van der Waals surface area contributed by atoms with Gasteiger partial charge in [-0.2, -0.15) is 4.99 Å². The highest BCUT2D eigenvalue weighted by Crippen LogP contribution is 2.39. The van der Waals surface area contributed by atoms with Crippen molar-refractivity contribution in [3.05, 3.63) is 59.9 Å². The summed E-state index contributed by atoms with van der Waals surface area (Å²) in [4.78, 5) is 23.4. The zero-order valence-electron chi connectivity index (χ0n) is 15.9. The van der Waals surface area contributed by atoms with Gasteiger partial charge >= 0.3 is 0 Å². The van der Waals surface area contributed by atoms with Crippen LogP contribution in [0.3, 0.4) is 0 Å². The van der Waals surface area contributed by atoms with Crippen molar-refractivity contribution in [3.8, 4) is 0 Å². The highest BCUT2D eigenvalue weighted by atomic mass is 19.1. The minimum atomic E-state index is -0.569. The van der Waals surface area contributed by atoms with Gasteiger partial charge in [-0.1, -0.05) is 12.5 Å². The topological polar surface area (TPSA) is 109 Å². The third-order valence-corrected chi connectivity index (χ3v) is 5.32. The number of nitrogens with two attached hydrogens (primary N) is 2. The van der Waals surface area contributed by atoms with Crippen LogP contribution in [0.15, 0.2) is 58.5 Å². The molecule has 0 unspecified atom stereocenters. The van der Waals surface area contributed by atoms with E-state index in [0.717, 1.165) is 37.8 Å². The third-order valence-electron chi connectivity index (χ3n) is 5.32. The fourth-order valence-corrected chi connectivity index (χ4v) is 4.02. The Morgan fingerprint density at radius 1 is 1.07 bits per heavy atom. The van der Waals surface area contributed by atoms with Gasteiger partial charge in [-0.3, -0.25) is 9.69 Å². The first-order chi connectivity index (χ1) is 14.0. The quantitative estimate of drug-likeness (QED) is 0.743. The SMILES string of the molecule is NC1=NC2(CCCCC2)N(c2cccc(C(=O)Nc3ccc(F)cc3)c2)C(N)=N1. The van der Waals surface area contributed by atoms with Gasteiger partial charge in [0, 0.05) is 16.9 Å². The lowest BCUT2D eigenvalue weighted by molar-refractivity contribution is 0.102. The van der Waals surface area contributed by atoms with Gasteiger partial charge in [0.2, 0.25) is 11.9 Å². The largest absolute Gasteiger partial charge is 0.369 e. The first kappa shape index (κ1) is 18.9. The lowest BCUT2D eigenvalue weighted by atomic mass is 9.87. The Hall–Kier alpha value is -3.42. The van der Waals surface area contributed by atoms with Crippen molar-refractivity contribution in [3.63, 3.8) is 0 Å². The second-order valence-corrected chi connectivity index (χ2v) is 7.33. The van der Waals surface area contributed by atoms with E-state index in [2.05, 4.69) is 15.3 Å². The van der Waals surface area contributed by atoms with Gasteiger partial charge in [0.1, 0.15) is 11.5 Å². The molecule has 8 heteroatoms. The molecule has 0 aromatic heterocycles. The molecule has 4 rings (SSSR count). The van der Waals surface area contributed by atoms with Crippen LogP contribution in [-0.4, -0.2) is 23.5 Å². The van der Waals surface area contributed by atoms with E-state index in [4.69, 9.17) is 11.5 Å². The molecule has 29 heavy (non-hydrogen) atoms. The Balaban J connectivity index is 1.64. The van der Waals surface area contributed by atoms with Crippen LogP contribution in [-0.2, 0) is 0 Å². The average Bonchev–Trinajstić information content (AvgIpc) is 2.70. The Morgan fingerprint density at radius 2 is 1.79 bits per heavy atom. The molecule has 1 spiro atoms. The van der Waals surface area contributed by atoms with Crippen LogP contribution in [0.1, 0.15) is 42.5 Å². The number of carbonyl (C=O) groups is 1. The summed E-state index contributed by atoms with van der Waals surface area (Å²) in [6.07, 6.45) is 4.81. The van der Waals surface area contributed by atoms with Gasteiger partial charge in [0.15, 0.2) is 0 Å². The number of aliphatic imine (C=N–C) groups is 2. The van der Waals surface area contributed by atoms with Crippen LogP contribution in [0.25, 0.3) is 0 Å². The van der Waals surface area contributed by atoms with Crippen molar-refractivity contribution < 1.29 is 9.18 Å². The Bertz CT molecular complexity index is 979. The molecular weight excluding hydrogens is 371 g/mol. The van der Waals surface area contributed by atoms with Crippen LogP contribution < -0.4 is 21.7 Å². The molecule has 1 saturated carbocycles. The minimum Gasteiger partial charge on any atom is -0.369 e. The molecule has 1 fully saturated rings. The maximum absolute atomic E-state index is 13.1. The highest BCUT2D eigenvalue weighted by Gasteiger charge is 2.42. The number of amides is 1. The number of benzene rings is 2. The first-order valence-electron chi connectivity index (χ1n) is 9.64. The lowest BCUT2D eigenvalue weighted by Crippen LogP contribution is -2.58. The van der Waals surface area contributed by atoms with E-state index >= 15 is 0 Å². The standard InChI is InChI=1S/C21H23FN6O/c22-15-7-9-16(10-8-15)25-18(29)14-5-4-6-17(13-14)28-20(24)26-19(23)27-21(28)11-2-1-3-12-21/h4-10,13H,1-3,11-12H2,(H,25,29)(H4,23,24,26,27). The molecular formula is C21H23FN6O. The van der Waals surface area contributed by atoms with Crippen LogP contribution >= 0.6 is 0 Å². The molecule has 0 bridgehead atoms. The zero-order chi connectivity index (χ0) is 20.4. The fraction of sp³-hybridized carbons (Fsp3) is 0.286. The number of halogens is 1. The van der Waals surface area contributed by atoms with Gasteiger partial charge in [0.25, 0.3) is 5.91 Å². The van der Waals surface area contributed by atoms with E-state index in [9.17, 15) is 9.18 Å². The number of guanidine groups is 2. The molecule has 150 valence electrons. The van der Waals surface area contributed by atoms with Gasteiger partial charge in [0.05, 0.1) is 0 Å². The maximum atomic E-state index is 13.1. The Labute approximate surface area is 168 Å². The van der Waals surface area contributed by atoms with Gasteiger partial charge in [-0.25, -0.2) is 9.38 Å². The third kappa shape index (κ3) is 3.78. The second kappa shape index (κ2) is 7.54. The van der Waals surface area contributed by atoms with E-state index < -0.39 is 5.66 Å². The Morgan fingerprint density at radius 3 is 2.52 bits per heavy atom. The molecule has 0 saturated heterocycles. The summed E-state index contributed by atoms with van der Waals surface area (Å²) < 4.78 is 13.1. The van der Waals surface area contributed by atoms with E-state index in [-0.39, 0.29) is 23.6 Å². The molecule has 1 aliphatic heterocycles. The normalized spacial score (nSPS) is 18.2. The molecule has 1 heterocycles. The van der Waals surface area contributed by atoms with E-state index in [0.29, 0.717) is 11.3 Å². The summed E-state index contributed by atoms with van der Waals surface area (Å²) in [6, 6.07) is 12.8. The van der Waals surface area contributed by atoms with Crippen molar-refractivity contribution in [2.75, 3.05) is 10.2 Å². The summed E-state index contributed by atoms with van der Waals surface area (Å²) >= 11 is 0. The zero-order valence-corrected chi connectivity index (χ0v) is 15.9. The molecule has 7 nitrogen and oxygen atoms in total. The van der Waals surface area contributed by atoms with Crippen LogP contribution in [0, 0.1) is 5.82 Å². The van der Waals surface area contributed by atoms with Crippen molar-refractivity contribution in [1.82, 2.24) is 0 Å². The monoisotopic (exact) mass is 394 g/mol. The minimum absolute atomic E-state index is 0.186. The Kier molecular flexibility index (Phi) is 4.92. The second-order valence-electron chi connectivity index (χ2n) is 7.33. The number of hydrogen-bond acceptors (Lipinski definition) is 6. The number of carbonyl (C=O) groups excluding carboxylic acids is 1. The average molecular weight is 394 g/mol. The molecule has 1 amide bonds. The van der Waals surface area contributed by atoms with E-state index in [1.54, 1.807) is 18.2 Å². The van der Waals surface area contributed by atoms with Crippen LogP contribution in [0.5, 0.6) is 0 Å². The highest BCUT2D eigenvalue weighted by molar-refractivity contribution is 6.08. The molecule has 1 aliphatic carbocycles. The maximum Gasteiger partial charge on any atom is 0.255 e. The predicted molar refractivity (Wildman–Crippen MR) is 112 cm³/mol. The first-order valence-corrected chi connectivity index (χ1v) is 9.64. The smallest absolute Gasteiger partial charge is 0.255 e. The van der Waals surface area contributed by atoms with E-state index in [1.165, 1.54) is 24.3 Å². The number of nitrogens with zero attached hydrogens (tertiary/aromatic N) is 3.